The highest BCUT2D eigenvalue weighted by molar-refractivity contribution is 5.95. The molecule has 2 heteroatoms. The van der Waals surface area contributed by atoms with Gasteiger partial charge in [0.05, 0.1) is 6.04 Å². The Kier molecular flexibility index (Phi) is 5.40. The van der Waals surface area contributed by atoms with Gasteiger partial charge in [-0.25, -0.2) is 4.99 Å². The van der Waals surface area contributed by atoms with E-state index in [9.17, 15) is 0 Å². The molecule has 2 nitrogen and oxygen atoms in total. The van der Waals surface area contributed by atoms with Gasteiger partial charge in [0, 0.05) is 5.56 Å². The zero-order valence-electron chi connectivity index (χ0n) is 14.9. The number of nitrogens with zero attached hydrogens (tertiary/aromatic N) is 1. The summed E-state index contributed by atoms with van der Waals surface area (Å²) in [6, 6.07) is 9.33. The summed E-state index contributed by atoms with van der Waals surface area (Å²) in [4.78, 5) is 4.72. The minimum Gasteiger partial charge on any atom is -0.475 e. The van der Waals surface area contributed by atoms with E-state index in [2.05, 4.69) is 45.0 Å². The topological polar surface area (TPSA) is 21.6 Å². The third-order valence-corrected chi connectivity index (χ3v) is 5.62. The van der Waals surface area contributed by atoms with Crippen LogP contribution < -0.4 is 0 Å². The van der Waals surface area contributed by atoms with Crippen LogP contribution in [0.25, 0.3) is 0 Å². The van der Waals surface area contributed by atoms with Gasteiger partial charge < -0.3 is 4.74 Å². The molecule has 0 unspecified atom stereocenters. The molecular weight excluding hydrogens is 282 g/mol. The zero-order chi connectivity index (χ0) is 16.2. The molecule has 0 N–H and O–H groups in total. The Balaban J connectivity index is 1.61. The molecule has 0 saturated heterocycles. The highest BCUT2D eigenvalue weighted by atomic mass is 16.5. The predicted octanol–water partition coefficient (Wildman–Crippen LogP) is 5.56. The normalized spacial score (nSPS) is 27.8. The van der Waals surface area contributed by atoms with Crippen LogP contribution in [0.2, 0.25) is 0 Å². The van der Waals surface area contributed by atoms with Crippen LogP contribution in [-0.2, 0) is 4.74 Å². The van der Waals surface area contributed by atoms with E-state index in [4.69, 9.17) is 9.73 Å². The van der Waals surface area contributed by atoms with Gasteiger partial charge >= 0.3 is 0 Å². The number of ether oxygens (including phenoxy) is 1. The number of rotatable bonds is 5. The lowest BCUT2D eigenvalue weighted by Crippen LogP contribution is -2.13. The van der Waals surface area contributed by atoms with E-state index in [0.717, 1.165) is 29.9 Å². The van der Waals surface area contributed by atoms with Gasteiger partial charge in [-0.05, 0) is 61.1 Å². The van der Waals surface area contributed by atoms with E-state index in [1.54, 1.807) is 0 Å². The Labute approximate surface area is 141 Å². The summed E-state index contributed by atoms with van der Waals surface area (Å²) in [5.41, 5.74) is 2.64. The number of hydrogen-bond acceptors (Lipinski definition) is 2. The monoisotopic (exact) mass is 313 g/mol. The first kappa shape index (κ1) is 16.5. The molecule has 1 fully saturated rings. The second-order valence-corrected chi connectivity index (χ2v) is 7.68. The van der Waals surface area contributed by atoms with Crippen molar-refractivity contribution < 1.29 is 4.74 Å². The Morgan fingerprint density at radius 1 is 1.09 bits per heavy atom. The summed E-state index contributed by atoms with van der Waals surface area (Å²) < 4.78 is 5.79. The lowest BCUT2D eigenvalue weighted by Gasteiger charge is -2.28. The van der Waals surface area contributed by atoms with Gasteiger partial charge in [-0.15, -0.1) is 0 Å². The largest absolute Gasteiger partial charge is 0.475 e. The van der Waals surface area contributed by atoms with Gasteiger partial charge in [0.15, 0.2) is 0 Å². The van der Waals surface area contributed by atoms with Crippen molar-refractivity contribution in [3.05, 3.63) is 35.4 Å². The predicted molar refractivity (Wildman–Crippen MR) is 97.2 cm³/mol. The second-order valence-electron chi connectivity index (χ2n) is 7.68. The molecule has 126 valence electrons. The zero-order valence-corrected chi connectivity index (χ0v) is 14.9. The summed E-state index contributed by atoms with van der Waals surface area (Å²) in [7, 11) is 0. The number of hydrogen-bond donors (Lipinski definition) is 0. The van der Waals surface area contributed by atoms with E-state index >= 15 is 0 Å². The van der Waals surface area contributed by atoms with Crippen molar-refractivity contribution in [1.29, 1.82) is 0 Å². The molecule has 1 aliphatic heterocycles. The van der Waals surface area contributed by atoms with E-state index in [1.165, 1.54) is 44.1 Å². The number of benzene rings is 1. The molecular formula is C21H31NO. The van der Waals surface area contributed by atoms with E-state index < -0.39 is 0 Å². The lowest BCUT2D eigenvalue weighted by molar-refractivity contribution is 0.292. The summed E-state index contributed by atoms with van der Waals surface area (Å²) in [6.07, 6.45) is 8.29. The van der Waals surface area contributed by atoms with Crippen LogP contribution in [0, 0.1) is 11.8 Å². The summed E-state index contributed by atoms with van der Waals surface area (Å²) in [6.45, 7) is 7.45. The fourth-order valence-corrected chi connectivity index (χ4v) is 3.98. The Bertz CT molecular complexity index is 523. The van der Waals surface area contributed by atoms with Crippen molar-refractivity contribution >= 4 is 5.90 Å². The minimum atomic E-state index is 0.318. The molecule has 1 aliphatic carbocycles. The van der Waals surface area contributed by atoms with Gasteiger partial charge in [0.1, 0.15) is 6.61 Å². The first-order chi connectivity index (χ1) is 11.2. The standard InChI is InChI=1S/C21H31NO/c1-4-5-16-6-8-17(9-7-16)18-10-12-19(13-11-18)21-22-20(14-23-21)15(2)3/h10-13,15-17,20H,4-9,14H2,1-3H3/t16-,17-,20-/m1/s1. The molecule has 1 saturated carbocycles. The maximum absolute atomic E-state index is 5.79. The smallest absolute Gasteiger partial charge is 0.216 e. The van der Waals surface area contributed by atoms with E-state index in [1.807, 2.05) is 0 Å². The average molecular weight is 313 g/mol. The molecule has 0 amide bonds. The molecule has 1 aromatic carbocycles. The van der Waals surface area contributed by atoms with Crippen LogP contribution in [0.15, 0.2) is 29.3 Å². The van der Waals surface area contributed by atoms with Gasteiger partial charge in [0.2, 0.25) is 5.90 Å². The van der Waals surface area contributed by atoms with Gasteiger partial charge in [0.25, 0.3) is 0 Å². The van der Waals surface area contributed by atoms with Gasteiger partial charge in [-0.2, -0.15) is 0 Å². The maximum atomic E-state index is 5.79. The molecule has 2 aliphatic rings. The third kappa shape index (κ3) is 3.97. The average Bonchev–Trinajstić information content (AvgIpc) is 3.06. The minimum absolute atomic E-state index is 0.318. The van der Waals surface area contributed by atoms with Crippen LogP contribution in [0.1, 0.15) is 76.3 Å². The summed E-state index contributed by atoms with van der Waals surface area (Å²) in [5, 5.41) is 0. The van der Waals surface area contributed by atoms with Crippen molar-refractivity contribution in [2.45, 2.75) is 71.3 Å². The molecule has 1 heterocycles. The van der Waals surface area contributed by atoms with Crippen molar-refractivity contribution in [1.82, 2.24) is 0 Å². The number of aliphatic imine (C=N–C) groups is 1. The van der Waals surface area contributed by atoms with E-state index in [-0.39, 0.29) is 0 Å². The van der Waals surface area contributed by atoms with Crippen LogP contribution >= 0.6 is 0 Å². The summed E-state index contributed by atoms with van der Waals surface area (Å²) in [5.74, 6) is 3.11. The Morgan fingerprint density at radius 2 is 1.78 bits per heavy atom. The van der Waals surface area contributed by atoms with Crippen LogP contribution in [0.5, 0.6) is 0 Å². The van der Waals surface area contributed by atoms with Gasteiger partial charge in [-0.3, -0.25) is 0 Å². The Morgan fingerprint density at radius 3 is 2.35 bits per heavy atom. The highest BCUT2D eigenvalue weighted by Crippen LogP contribution is 2.37. The molecule has 1 aromatic rings. The molecule has 0 radical (unpaired) electrons. The molecule has 0 bridgehead atoms. The Hall–Kier alpha value is -1.31. The maximum Gasteiger partial charge on any atom is 0.216 e. The fourth-order valence-electron chi connectivity index (χ4n) is 3.98. The van der Waals surface area contributed by atoms with Gasteiger partial charge in [-0.1, -0.05) is 45.7 Å². The molecule has 0 aromatic heterocycles. The first-order valence-corrected chi connectivity index (χ1v) is 9.48. The van der Waals surface area contributed by atoms with Crippen LogP contribution in [-0.4, -0.2) is 18.5 Å². The van der Waals surface area contributed by atoms with Crippen molar-refractivity contribution in [3.63, 3.8) is 0 Å². The summed E-state index contributed by atoms with van der Waals surface area (Å²) >= 11 is 0. The quantitative estimate of drug-likeness (QED) is 0.697. The van der Waals surface area contributed by atoms with E-state index in [0.29, 0.717) is 12.0 Å². The first-order valence-electron chi connectivity index (χ1n) is 9.48. The molecule has 23 heavy (non-hydrogen) atoms. The fraction of sp³-hybridized carbons (Fsp3) is 0.667. The third-order valence-electron chi connectivity index (χ3n) is 5.62. The lowest BCUT2D eigenvalue weighted by atomic mass is 9.77. The van der Waals surface area contributed by atoms with Crippen LogP contribution in [0.3, 0.4) is 0 Å². The van der Waals surface area contributed by atoms with Crippen LogP contribution in [0.4, 0.5) is 0 Å². The molecule has 1 atom stereocenters. The highest BCUT2D eigenvalue weighted by Gasteiger charge is 2.24. The van der Waals surface area contributed by atoms with Crippen molar-refractivity contribution in [3.8, 4) is 0 Å². The SMILES string of the molecule is CCC[C@H]1CC[C@H](c2ccc(C3=N[C@@H](C(C)C)CO3)cc2)CC1. The molecule has 0 spiro atoms. The second kappa shape index (κ2) is 7.51. The van der Waals surface area contributed by atoms with Crippen molar-refractivity contribution in [2.75, 3.05) is 6.61 Å². The van der Waals surface area contributed by atoms with Crippen molar-refractivity contribution in [2.24, 2.45) is 16.8 Å². The molecule has 3 rings (SSSR count).